The molecule has 0 bridgehead atoms. The zero-order valence-electron chi connectivity index (χ0n) is 16.9. The molecule has 156 valence electrons. The van der Waals surface area contributed by atoms with Crippen molar-refractivity contribution in [3.8, 4) is 0 Å². The van der Waals surface area contributed by atoms with Gasteiger partial charge in [0.2, 0.25) is 11.8 Å². The number of hydrogen-bond donors (Lipinski definition) is 1. The summed E-state index contributed by atoms with van der Waals surface area (Å²) in [7, 11) is 0. The van der Waals surface area contributed by atoms with E-state index in [2.05, 4.69) is 22.1 Å². The molecule has 0 radical (unpaired) electrons. The summed E-state index contributed by atoms with van der Waals surface area (Å²) in [4.78, 5) is 27.9. The molecule has 0 saturated heterocycles. The Hall–Kier alpha value is -2.47. The lowest BCUT2D eigenvalue weighted by atomic mass is 9.90. The minimum atomic E-state index is -0.632. The van der Waals surface area contributed by atoms with Crippen molar-refractivity contribution >= 4 is 23.2 Å². The molecule has 2 saturated carbocycles. The normalized spacial score (nSPS) is 26.3. The molecule has 1 aromatic heterocycles. The van der Waals surface area contributed by atoms with Gasteiger partial charge >= 0.3 is 0 Å². The van der Waals surface area contributed by atoms with Gasteiger partial charge in [-0.05, 0) is 71.7 Å². The van der Waals surface area contributed by atoms with E-state index in [1.54, 1.807) is 24.3 Å². The molecule has 30 heavy (non-hydrogen) atoms. The van der Waals surface area contributed by atoms with Gasteiger partial charge < -0.3 is 10.2 Å². The highest BCUT2D eigenvalue weighted by Crippen LogP contribution is 2.50. The molecule has 1 aliphatic heterocycles. The molecular weight excluding hydrogens is 399 g/mol. The van der Waals surface area contributed by atoms with Gasteiger partial charge in [0.25, 0.3) is 0 Å². The molecule has 2 amide bonds. The molecule has 2 aromatic rings. The number of carbonyl (C=O) groups is 2. The van der Waals surface area contributed by atoms with Crippen LogP contribution in [0.25, 0.3) is 0 Å². The van der Waals surface area contributed by atoms with Crippen LogP contribution in [-0.4, -0.2) is 35.8 Å². The number of carbonyl (C=O) groups excluding carboxylic acids is 2. The molecule has 4 nitrogen and oxygen atoms in total. The highest BCUT2D eigenvalue weighted by molar-refractivity contribution is 7.08. The van der Waals surface area contributed by atoms with Crippen molar-refractivity contribution in [2.45, 2.75) is 43.6 Å². The fraction of sp³-hybridized carbons (Fsp3) is 0.417. The van der Waals surface area contributed by atoms with Gasteiger partial charge in [-0.3, -0.25) is 9.59 Å². The minimum absolute atomic E-state index is 0.0622. The van der Waals surface area contributed by atoms with Gasteiger partial charge in [-0.25, -0.2) is 4.39 Å². The summed E-state index contributed by atoms with van der Waals surface area (Å²) < 4.78 is 14.0. The summed E-state index contributed by atoms with van der Waals surface area (Å²) >= 11 is 1.67. The molecule has 2 fully saturated rings. The highest BCUT2D eigenvalue weighted by atomic mass is 32.1. The van der Waals surface area contributed by atoms with Gasteiger partial charge in [-0.2, -0.15) is 11.3 Å². The van der Waals surface area contributed by atoms with Gasteiger partial charge in [-0.1, -0.05) is 24.3 Å². The molecule has 3 aliphatic rings. The molecule has 2 heterocycles. The third-order valence-corrected chi connectivity index (χ3v) is 7.49. The fourth-order valence-electron chi connectivity index (χ4n) is 4.73. The van der Waals surface area contributed by atoms with Crippen molar-refractivity contribution in [1.82, 2.24) is 10.2 Å². The van der Waals surface area contributed by atoms with Crippen molar-refractivity contribution in [2.75, 3.05) is 13.1 Å². The van der Waals surface area contributed by atoms with E-state index in [1.807, 2.05) is 23.1 Å². The lowest BCUT2D eigenvalue weighted by Gasteiger charge is -2.31. The van der Waals surface area contributed by atoms with E-state index in [0.29, 0.717) is 24.6 Å². The number of amides is 2. The largest absolute Gasteiger partial charge is 0.347 e. The van der Waals surface area contributed by atoms with E-state index >= 15 is 0 Å². The summed E-state index contributed by atoms with van der Waals surface area (Å²) in [6.07, 6.45) is 6.30. The van der Waals surface area contributed by atoms with E-state index in [1.165, 1.54) is 11.6 Å². The van der Waals surface area contributed by atoms with Crippen molar-refractivity contribution in [1.29, 1.82) is 0 Å². The quantitative estimate of drug-likeness (QED) is 0.740. The molecule has 3 atom stereocenters. The number of hydrogen-bond acceptors (Lipinski definition) is 3. The van der Waals surface area contributed by atoms with Crippen LogP contribution in [0.5, 0.6) is 0 Å². The van der Waals surface area contributed by atoms with Crippen LogP contribution in [-0.2, 0) is 15.0 Å². The van der Waals surface area contributed by atoms with E-state index in [0.717, 1.165) is 24.8 Å². The van der Waals surface area contributed by atoms with Crippen LogP contribution in [0.4, 0.5) is 4.39 Å². The van der Waals surface area contributed by atoms with Gasteiger partial charge in [0.05, 0.1) is 11.5 Å². The maximum atomic E-state index is 14.0. The third-order valence-electron chi connectivity index (χ3n) is 6.79. The lowest BCUT2D eigenvalue weighted by Crippen LogP contribution is -2.50. The van der Waals surface area contributed by atoms with E-state index in [4.69, 9.17) is 0 Å². The Morgan fingerprint density at radius 3 is 2.83 bits per heavy atom. The average molecular weight is 425 g/mol. The number of benzene rings is 1. The number of thiophene rings is 1. The summed E-state index contributed by atoms with van der Waals surface area (Å²) in [5.74, 6) is 0.241. The van der Waals surface area contributed by atoms with Gasteiger partial charge in [0.1, 0.15) is 5.82 Å². The third kappa shape index (κ3) is 3.37. The maximum Gasteiger partial charge on any atom is 0.231 e. The molecule has 1 aromatic carbocycles. The Labute approximate surface area is 179 Å². The highest BCUT2D eigenvalue weighted by Gasteiger charge is 2.53. The fourth-order valence-corrected chi connectivity index (χ4v) is 5.46. The van der Waals surface area contributed by atoms with Crippen LogP contribution >= 0.6 is 11.3 Å². The first kappa shape index (κ1) is 19.5. The van der Waals surface area contributed by atoms with E-state index in [-0.39, 0.29) is 29.6 Å². The SMILES string of the molecule is Cc1c(F)cccc1C1(C(=O)NC2C=CCN(C(=O)[C@@H]3C[C@H]3c3ccsc3)C2)CC1. The summed E-state index contributed by atoms with van der Waals surface area (Å²) in [6.45, 7) is 2.82. The molecule has 6 heteroatoms. The Morgan fingerprint density at radius 1 is 1.27 bits per heavy atom. The Balaban J connectivity index is 1.23. The molecule has 1 N–H and O–H groups in total. The van der Waals surface area contributed by atoms with Crippen LogP contribution in [0.1, 0.15) is 41.9 Å². The molecule has 0 spiro atoms. The second-order valence-corrected chi connectivity index (χ2v) is 9.53. The number of nitrogens with one attached hydrogen (secondary N) is 1. The summed E-state index contributed by atoms with van der Waals surface area (Å²) in [5, 5.41) is 7.29. The average Bonchev–Trinajstić information content (AvgIpc) is 3.67. The summed E-state index contributed by atoms with van der Waals surface area (Å²) in [5.41, 5.74) is 1.96. The molecule has 5 rings (SSSR count). The Morgan fingerprint density at radius 2 is 2.10 bits per heavy atom. The summed E-state index contributed by atoms with van der Waals surface area (Å²) in [6, 6.07) is 6.85. The molecular formula is C24H25FN2O2S. The number of nitrogens with zero attached hydrogens (tertiary/aromatic N) is 1. The second-order valence-electron chi connectivity index (χ2n) is 8.75. The standard InChI is InChI=1S/C24H25FN2O2S/c1-15-20(5-2-6-21(15)25)24(8-9-24)23(29)26-17-4-3-10-27(13-17)22(28)19-12-18(19)16-7-11-30-14-16/h2-7,11,14,17-19H,8-10,12-13H2,1H3,(H,26,29)/t17?,18-,19+/m0/s1. The van der Waals surface area contributed by atoms with Gasteiger partial charge in [0, 0.05) is 19.0 Å². The van der Waals surface area contributed by atoms with Crippen LogP contribution in [0.15, 0.2) is 47.2 Å². The zero-order valence-corrected chi connectivity index (χ0v) is 17.8. The predicted molar refractivity (Wildman–Crippen MR) is 115 cm³/mol. The van der Waals surface area contributed by atoms with Crippen molar-refractivity contribution in [2.24, 2.45) is 5.92 Å². The van der Waals surface area contributed by atoms with Gasteiger partial charge in [-0.15, -0.1) is 0 Å². The van der Waals surface area contributed by atoms with Crippen LogP contribution in [0.2, 0.25) is 0 Å². The topological polar surface area (TPSA) is 49.4 Å². The Kier molecular flexibility index (Phi) is 4.77. The van der Waals surface area contributed by atoms with Crippen molar-refractivity contribution in [3.05, 3.63) is 69.7 Å². The van der Waals surface area contributed by atoms with Crippen LogP contribution in [0, 0.1) is 18.7 Å². The lowest BCUT2D eigenvalue weighted by molar-refractivity contribution is -0.133. The van der Waals surface area contributed by atoms with Gasteiger partial charge in [0.15, 0.2) is 0 Å². The second kappa shape index (κ2) is 7.34. The smallest absolute Gasteiger partial charge is 0.231 e. The van der Waals surface area contributed by atoms with Crippen LogP contribution < -0.4 is 5.32 Å². The first-order valence-corrected chi connectivity index (χ1v) is 11.5. The number of halogens is 1. The maximum absolute atomic E-state index is 14.0. The monoisotopic (exact) mass is 424 g/mol. The minimum Gasteiger partial charge on any atom is -0.347 e. The predicted octanol–water partition coefficient (Wildman–Crippen LogP) is 3.91. The van der Waals surface area contributed by atoms with Crippen molar-refractivity contribution in [3.63, 3.8) is 0 Å². The Bertz CT molecular complexity index is 1010. The van der Waals surface area contributed by atoms with E-state index < -0.39 is 5.41 Å². The van der Waals surface area contributed by atoms with Crippen molar-refractivity contribution < 1.29 is 14.0 Å². The molecule has 2 aliphatic carbocycles. The van der Waals surface area contributed by atoms with Crippen LogP contribution in [0.3, 0.4) is 0 Å². The zero-order chi connectivity index (χ0) is 20.9. The first-order chi connectivity index (χ1) is 14.5. The molecule has 1 unspecified atom stereocenters. The van der Waals surface area contributed by atoms with E-state index in [9.17, 15) is 14.0 Å². The first-order valence-electron chi connectivity index (χ1n) is 10.5. The number of rotatable bonds is 5.